The first-order chi connectivity index (χ1) is 7.00. The summed E-state index contributed by atoms with van der Waals surface area (Å²) >= 11 is 0. The number of hydrogen-bond acceptors (Lipinski definition) is 3. The molecule has 0 aliphatic rings. The van der Waals surface area contributed by atoms with E-state index in [1.807, 2.05) is 6.07 Å². The normalized spacial score (nSPS) is 13.9. The highest BCUT2D eigenvalue weighted by Crippen LogP contribution is 2.24. The Morgan fingerprint density at radius 2 is 2.13 bits per heavy atom. The van der Waals surface area contributed by atoms with E-state index in [2.05, 4.69) is 43.0 Å². The van der Waals surface area contributed by atoms with Crippen molar-refractivity contribution in [1.82, 2.24) is 15.3 Å². The van der Waals surface area contributed by atoms with E-state index in [-0.39, 0.29) is 0 Å². The van der Waals surface area contributed by atoms with Crippen molar-refractivity contribution in [3.8, 4) is 0 Å². The van der Waals surface area contributed by atoms with Crippen molar-refractivity contribution in [3.05, 3.63) is 24.3 Å². The maximum absolute atomic E-state index is 4.16. The summed E-state index contributed by atoms with van der Waals surface area (Å²) in [4.78, 5) is 8.05. The van der Waals surface area contributed by atoms with E-state index in [0.717, 1.165) is 18.8 Å². The Kier molecular flexibility index (Phi) is 4.21. The van der Waals surface area contributed by atoms with Crippen LogP contribution in [0.3, 0.4) is 0 Å². The summed E-state index contributed by atoms with van der Waals surface area (Å²) in [6, 6.07) is 1.94. The van der Waals surface area contributed by atoms with Gasteiger partial charge in [0.15, 0.2) is 0 Å². The maximum Gasteiger partial charge on any atom is 0.115 e. The Hall–Kier alpha value is -0.960. The van der Waals surface area contributed by atoms with Crippen LogP contribution in [0.2, 0.25) is 0 Å². The predicted octanol–water partition coefficient (Wildman–Crippen LogP) is 2.25. The molecule has 0 aromatic carbocycles. The highest BCUT2D eigenvalue weighted by Gasteiger charge is 2.18. The fourth-order valence-electron chi connectivity index (χ4n) is 1.15. The SMILES string of the molecule is CC(CNCc1ccncn1)C(C)(C)C. The summed E-state index contributed by atoms with van der Waals surface area (Å²) in [5.41, 5.74) is 1.41. The zero-order valence-electron chi connectivity index (χ0n) is 10.1. The van der Waals surface area contributed by atoms with E-state index < -0.39 is 0 Å². The molecule has 84 valence electrons. The molecule has 3 nitrogen and oxygen atoms in total. The third-order valence-corrected chi connectivity index (χ3v) is 2.88. The van der Waals surface area contributed by atoms with Gasteiger partial charge in [0.2, 0.25) is 0 Å². The molecule has 1 aromatic rings. The lowest BCUT2D eigenvalue weighted by atomic mass is 9.82. The molecular formula is C12H21N3. The van der Waals surface area contributed by atoms with Gasteiger partial charge in [-0.2, -0.15) is 0 Å². The van der Waals surface area contributed by atoms with Gasteiger partial charge < -0.3 is 5.32 Å². The monoisotopic (exact) mass is 207 g/mol. The summed E-state index contributed by atoms with van der Waals surface area (Å²) in [7, 11) is 0. The lowest BCUT2D eigenvalue weighted by molar-refractivity contribution is 0.252. The third kappa shape index (κ3) is 4.38. The van der Waals surface area contributed by atoms with Gasteiger partial charge in [-0.1, -0.05) is 27.7 Å². The van der Waals surface area contributed by atoms with Crippen LogP contribution in [0.1, 0.15) is 33.4 Å². The Balaban J connectivity index is 2.28. The molecule has 0 saturated carbocycles. The molecule has 0 amide bonds. The van der Waals surface area contributed by atoms with Crippen molar-refractivity contribution in [2.45, 2.75) is 34.2 Å². The molecule has 1 unspecified atom stereocenters. The molecule has 0 fully saturated rings. The average molecular weight is 207 g/mol. The highest BCUT2D eigenvalue weighted by atomic mass is 14.9. The van der Waals surface area contributed by atoms with Crippen molar-refractivity contribution in [1.29, 1.82) is 0 Å². The summed E-state index contributed by atoms with van der Waals surface area (Å²) < 4.78 is 0. The first-order valence-corrected chi connectivity index (χ1v) is 5.46. The second-order valence-electron chi connectivity index (χ2n) is 5.10. The van der Waals surface area contributed by atoms with Crippen molar-refractivity contribution >= 4 is 0 Å². The largest absolute Gasteiger partial charge is 0.311 e. The number of nitrogens with zero attached hydrogens (tertiary/aromatic N) is 2. The van der Waals surface area contributed by atoms with Crippen LogP contribution >= 0.6 is 0 Å². The van der Waals surface area contributed by atoms with E-state index in [1.54, 1.807) is 12.5 Å². The molecule has 15 heavy (non-hydrogen) atoms. The second kappa shape index (κ2) is 5.21. The maximum atomic E-state index is 4.16. The molecule has 0 spiro atoms. The molecule has 3 heteroatoms. The Morgan fingerprint density at radius 1 is 1.40 bits per heavy atom. The fourth-order valence-corrected chi connectivity index (χ4v) is 1.15. The molecule has 1 rings (SSSR count). The van der Waals surface area contributed by atoms with E-state index in [4.69, 9.17) is 0 Å². The van der Waals surface area contributed by atoms with Gasteiger partial charge in [-0.15, -0.1) is 0 Å². The zero-order chi connectivity index (χ0) is 11.3. The van der Waals surface area contributed by atoms with Crippen LogP contribution in [0.15, 0.2) is 18.6 Å². The lowest BCUT2D eigenvalue weighted by Gasteiger charge is -2.27. The molecule has 1 heterocycles. The molecule has 0 saturated heterocycles. The third-order valence-electron chi connectivity index (χ3n) is 2.88. The van der Waals surface area contributed by atoms with E-state index in [0.29, 0.717) is 11.3 Å². The number of aromatic nitrogens is 2. The standard InChI is InChI=1S/C12H21N3/c1-10(12(2,3)4)7-14-8-11-5-6-13-9-15-11/h5-6,9-10,14H,7-8H2,1-4H3. The predicted molar refractivity (Wildman–Crippen MR) is 62.4 cm³/mol. The topological polar surface area (TPSA) is 37.8 Å². The molecule has 0 bridgehead atoms. The second-order valence-corrected chi connectivity index (χ2v) is 5.10. The van der Waals surface area contributed by atoms with Crippen LogP contribution in [0.25, 0.3) is 0 Å². The molecule has 0 radical (unpaired) electrons. The lowest BCUT2D eigenvalue weighted by Crippen LogP contribution is -2.29. The van der Waals surface area contributed by atoms with Crippen molar-refractivity contribution < 1.29 is 0 Å². The van der Waals surface area contributed by atoms with Gasteiger partial charge in [0.05, 0.1) is 5.69 Å². The van der Waals surface area contributed by atoms with Gasteiger partial charge in [0.1, 0.15) is 6.33 Å². The minimum atomic E-state index is 0.360. The van der Waals surface area contributed by atoms with E-state index in [1.165, 1.54) is 0 Å². The number of rotatable bonds is 4. The zero-order valence-corrected chi connectivity index (χ0v) is 10.1. The van der Waals surface area contributed by atoms with Crippen molar-refractivity contribution in [2.75, 3.05) is 6.54 Å². The minimum absolute atomic E-state index is 0.360. The molecule has 1 atom stereocenters. The quantitative estimate of drug-likeness (QED) is 0.823. The minimum Gasteiger partial charge on any atom is -0.311 e. The Bertz CT molecular complexity index is 277. The van der Waals surface area contributed by atoms with Gasteiger partial charge in [0.25, 0.3) is 0 Å². The molecular weight excluding hydrogens is 186 g/mol. The average Bonchev–Trinajstić information content (AvgIpc) is 2.18. The summed E-state index contributed by atoms with van der Waals surface area (Å²) in [6.07, 6.45) is 3.36. The number of nitrogens with one attached hydrogen (secondary N) is 1. The van der Waals surface area contributed by atoms with E-state index in [9.17, 15) is 0 Å². The van der Waals surface area contributed by atoms with Crippen LogP contribution < -0.4 is 5.32 Å². The van der Waals surface area contributed by atoms with Gasteiger partial charge in [-0.3, -0.25) is 0 Å². The van der Waals surface area contributed by atoms with Crippen LogP contribution in [-0.2, 0) is 6.54 Å². The van der Waals surface area contributed by atoms with Crippen LogP contribution in [-0.4, -0.2) is 16.5 Å². The van der Waals surface area contributed by atoms with Crippen LogP contribution in [0, 0.1) is 11.3 Å². The fraction of sp³-hybridized carbons (Fsp3) is 0.667. The first kappa shape index (κ1) is 12.1. The van der Waals surface area contributed by atoms with Crippen molar-refractivity contribution in [3.63, 3.8) is 0 Å². The van der Waals surface area contributed by atoms with Gasteiger partial charge in [-0.25, -0.2) is 9.97 Å². The van der Waals surface area contributed by atoms with Gasteiger partial charge >= 0.3 is 0 Å². The molecule has 0 aliphatic carbocycles. The van der Waals surface area contributed by atoms with Gasteiger partial charge in [-0.05, 0) is 23.9 Å². The van der Waals surface area contributed by atoms with Crippen LogP contribution in [0.5, 0.6) is 0 Å². The Labute approximate surface area is 92.3 Å². The molecule has 1 aromatic heterocycles. The van der Waals surface area contributed by atoms with E-state index >= 15 is 0 Å². The van der Waals surface area contributed by atoms with Gasteiger partial charge in [0, 0.05) is 12.7 Å². The van der Waals surface area contributed by atoms with Crippen LogP contribution in [0.4, 0.5) is 0 Å². The first-order valence-electron chi connectivity index (χ1n) is 5.46. The number of hydrogen-bond donors (Lipinski definition) is 1. The smallest absolute Gasteiger partial charge is 0.115 e. The highest BCUT2D eigenvalue weighted by molar-refractivity contribution is 4.96. The van der Waals surface area contributed by atoms with Crippen molar-refractivity contribution in [2.24, 2.45) is 11.3 Å². The summed E-state index contributed by atoms with van der Waals surface area (Å²) in [5, 5.41) is 3.42. The summed E-state index contributed by atoms with van der Waals surface area (Å²) in [5.74, 6) is 0.652. The Morgan fingerprint density at radius 3 is 2.67 bits per heavy atom. The molecule has 0 aliphatic heterocycles. The molecule has 1 N–H and O–H groups in total. The summed E-state index contributed by atoms with van der Waals surface area (Å²) in [6.45, 7) is 10.9.